The van der Waals surface area contributed by atoms with Crippen molar-refractivity contribution in [1.29, 1.82) is 0 Å². The Hall–Kier alpha value is -1.47. The Labute approximate surface area is 84.6 Å². The van der Waals surface area contributed by atoms with Crippen molar-refractivity contribution in [2.45, 2.75) is 32.7 Å². The lowest BCUT2D eigenvalue weighted by atomic mass is 10.2. The van der Waals surface area contributed by atoms with Gasteiger partial charge in [0.15, 0.2) is 0 Å². The van der Waals surface area contributed by atoms with E-state index in [0.29, 0.717) is 6.04 Å². The zero-order valence-corrected chi connectivity index (χ0v) is 8.64. The summed E-state index contributed by atoms with van der Waals surface area (Å²) in [6.07, 6.45) is 5.49. The summed E-state index contributed by atoms with van der Waals surface area (Å²) in [4.78, 5) is 12.2. The molecule has 1 rings (SSSR count). The van der Waals surface area contributed by atoms with Crippen LogP contribution in [0.4, 0.5) is 5.69 Å². The molecule has 14 heavy (non-hydrogen) atoms. The summed E-state index contributed by atoms with van der Waals surface area (Å²) in [5, 5.41) is 0. The molecule has 0 unspecified atom stereocenters. The van der Waals surface area contributed by atoms with Gasteiger partial charge in [0.2, 0.25) is 0 Å². The highest BCUT2D eigenvalue weighted by Gasteiger charge is 1.96. The van der Waals surface area contributed by atoms with E-state index in [1.807, 2.05) is 12.1 Å². The van der Waals surface area contributed by atoms with Crippen LogP contribution in [-0.2, 0) is 0 Å². The zero-order chi connectivity index (χ0) is 10.2. The van der Waals surface area contributed by atoms with Gasteiger partial charge in [0.25, 0.3) is 0 Å². The van der Waals surface area contributed by atoms with Gasteiger partial charge in [-0.05, 0) is 25.0 Å². The molecule has 1 aromatic rings. The Morgan fingerprint density at radius 2 is 1.93 bits per heavy atom. The van der Waals surface area contributed by atoms with Crippen LogP contribution in [0.15, 0.2) is 34.5 Å². The van der Waals surface area contributed by atoms with Crippen molar-refractivity contribution in [3.05, 3.63) is 24.5 Å². The second kappa shape index (κ2) is 6.06. The van der Waals surface area contributed by atoms with E-state index < -0.39 is 0 Å². The van der Waals surface area contributed by atoms with Crippen LogP contribution < -0.4 is 0 Å². The quantitative estimate of drug-likeness (QED) is 0.671. The maximum absolute atomic E-state index is 4.22. The summed E-state index contributed by atoms with van der Waals surface area (Å²) in [5.74, 6) is 0. The molecule has 3 heteroatoms. The van der Waals surface area contributed by atoms with Crippen molar-refractivity contribution in [3.8, 4) is 0 Å². The number of hydrogen-bond acceptors (Lipinski definition) is 3. The van der Waals surface area contributed by atoms with E-state index in [0.717, 1.165) is 18.5 Å². The highest BCUT2D eigenvalue weighted by molar-refractivity contribution is 5.51. The summed E-state index contributed by atoms with van der Waals surface area (Å²) in [7, 11) is 0. The molecule has 0 aromatic carbocycles. The third-order valence-corrected chi connectivity index (χ3v) is 2.02. The van der Waals surface area contributed by atoms with Gasteiger partial charge in [-0.1, -0.05) is 13.8 Å². The van der Waals surface area contributed by atoms with Crippen molar-refractivity contribution >= 4 is 11.7 Å². The molecule has 0 radical (unpaired) electrons. The molecule has 0 aliphatic carbocycles. The molecule has 0 aliphatic heterocycles. The summed E-state index contributed by atoms with van der Waals surface area (Å²) in [6, 6.07) is 6.73. The number of aromatic nitrogens is 1. The fraction of sp³-hybridized carbons (Fsp3) is 0.455. The minimum atomic E-state index is 0.348. The predicted molar refractivity (Wildman–Crippen MR) is 58.1 cm³/mol. The third kappa shape index (κ3) is 3.50. The van der Waals surface area contributed by atoms with Gasteiger partial charge < -0.3 is 0 Å². The van der Waals surface area contributed by atoms with Crippen LogP contribution in [0.3, 0.4) is 0 Å². The van der Waals surface area contributed by atoms with Gasteiger partial charge >= 0.3 is 0 Å². The van der Waals surface area contributed by atoms with Gasteiger partial charge in [0.05, 0.1) is 17.7 Å². The van der Waals surface area contributed by atoms with E-state index in [1.165, 1.54) is 0 Å². The van der Waals surface area contributed by atoms with Crippen LogP contribution in [0.5, 0.6) is 0 Å². The normalized spacial score (nSPS) is 9.64. The smallest absolute Gasteiger partial charge is 0.0951 e. The van der Waals surface area contributed by atoms with E-state index >= 15 is 0 Å². The van der Waals surface area contributed by atoms with E-state index in [-0.39, 0.29) is 0 Å². The molecule has 0 aliphatic rings. The van der Waals surface area contributed by atoms with Gasteiger partial charge in [0, 0.05) is 12.4 Å². The summed E-state index contributed by atoms with van der Waals surface area (Å²) < 4.78 is 0. The molecule has 0 saturated carbocycles. The first-order chi connectivity index (χ1) is 6.86. The lowest BCUT2D eigenvalue weighted by Crippen LogP contribution is -1.97. The van der Waals surface area contributed by atoms with Crippen LogP contribution in [0, 0.1) is 0 Å². The zero-order valence-electron chi connectivity index (χ0n) is 8.64. The Morgan fingerprint density at radius 1 is 1.29 bits per heavy atom. The molecule has 0 amide bonds. The van der Waals surface area contributed by atoms with Crippen LogP contribution in [0.2, 0.25) is 0 Å². The maximum atomic E-state index is 4.22. The van der Waals surface area contributed by atoms with Gasteiger partial charge in [-0.3, -0.25) is 4.98 Å². The van der Waals surface area contributed by atoms with Gasteiger partial charge in [-0.2, -0.15) is 4.99 Å². The summed E-state index contributed by atoms with van der Waals surface area (Å²) in [5.41, 5.74) is 0.842. The third-order valence-electron chi connectivity index (χ3n) is 2.02. The van der Waals surface area contributed by atoms with E-state index in [2.05, 4.69) is 34.8 Å². The molecule has 0 saturated heterocycles. The van der Waals surface area contributed by atoms with Crippen LogP contribution in [0.25, 0.3) is 0 Å². The molecule has 0 fully saturated rings. The standard InChI is InChI=1S/C11H15N3/c1-3-10(4-2)13-9-14-11-5-7-12-8-6-11/h5-8,10H,3-4H2,1-2H3. The molecule has 3 nitrogen and oxygen atoms in total. The summed E-state index contributed by atoms with van der Waals surface area (Å²) in [6.45, 7) is 4.23. The lowest BCUT2D eigenvalue weighted by molar-refractivity contribution is 0.635. The highest BCUT2D eigenvalue weighted by atomic mass is 14.8. The number of aliphatic imine (C=N–C) groups is 2. The average Bonchev–Trinajstić information content (AvgIpc) is 2.26. The van der Waals surface area contributed by atoms with Crippen molar-refractivity contribution in [2.75, 3.05) is 0 Å². The monoisotopic (exact) mass is 189 g/mol. The first kappa shape index (κ1) is 10.6. The molecule has 1 heterocycles. The Kier molecular flexibility index (Phi) is 4.59. The Bertz CT molecular complexity index is 309. The molecule has 1 aromatic heterocycles. The molecule has 0 spiro atoms. The fourth-order valence-corrected chi connectivity index (χ4v) is 1.06. The number of hydrogen-bond donors (Lipinski definition) is 0. The van der Waals surface area contributed by atoms with E-state index in [4.69, 9.17) is 0 Å². The molecule has 0 atom stereocenters. The average molecular weight is 189 g/mol. The van der Waals surface area contributed by atoms with Gasteiger partial charge in [-0.25, -0.2) is 4.99 Å². The minimum Gasteiger partial charge on any atom is -0.265 e. The second-order valence-electron chi connectivity index (χ2n) is 3.02. The maximum Gasteiger partial charge on any atom is 0.0951 e. The largest absolute Gasteiger partial charge is 0.265 e. The molecular weight excluding hydrogens is 174 g/mol. The molecular formula is C11H15N3. The minimum absolute atomic E-state index is 0.348. The van der Waals surface area contributed by atoms with E-state index in [9.17, 15) is 0 Å². The predicted octanol–water partition coefficient (Wildman–Crippen LogP) is 3.08. The Morgan fingerprint density at radius 3 is 2.50 bits per heavy atom. The van der Waals surface area contributed by atoms with Gasteiger partial charge in [-0.15, -0.1) is 0 Å². The fourth-order valence-electron chi connectivity index (χ4n) is 1.06. The van der Waals surface area contributed by atoms with Crippen LogP contribution >= 0.6 is 0 Å². The van der Waals surface area contributed by atoms with Crippen LogP contribution in [0.1, 0.15) is 26.7 Å². The number of nitrogens with zero attached hydrogens (tertiary/aromatic N) is 3. The Balaban J connectivity index is 2.63. The number of pyridine rings is 1. The first-order valence-corrected chi connectivity index (χ1v) is 4.92. The van der Waals surface area contributed by atoms with E-state index in [1.54, 1.807) is 12.4 Å². The first-order valence-electron chi connectivity index (χ1n) is 4.92. The second-order valence-corrected chi connectivity index (χ2v) is 3.02. The topological polar surface area (TPSA) is 37.6 Å². The lowest BCUT2D eigenvalue weighted by Gasteiger charge is -2.00. The van der Waals surface area contributed by atoms with Crippen molar-refractivity contribution < 1.29 is 0 Å². The number of rotatable bonds is 4. The van der Waals surface area contributed by atoms with Crippen molar-refractivity contribution in [1.82, 2.24) is 4.98 Å². The van der Waals surface area contributed by atoms with Crippen molar-refractivity contribution in [2.24, 2.45) is 9.98 Å². The van der Waals surface area contributed by atoms with Gasteiger partial charge in [0.1, 0.15) is 0 Å². The SMILES string of the molecule is CCC(CC)N=C=Nc1ccncc1. The summed E-state index contributed by atoms with van der Waals surface area (Å²) >= 11 is 0. The van der Waals surface area contributed by atoms with Crippen LogP contribution in [-0.4, -0.2) is 17.0 Å². The molecule has 74 valence electrons. The molecule has 0 N–H and O–H groups in total. The van der Waals surface area contributed by atoms with Crippen molar-refractivity contribution in [3.63, 3.8) is 0 Å². The molecule has 0 bridgehead atoms. The highest BCUT2D eigenvalue weighted by Crippen LogP contribution is 2.06.